The quantitative estimate of drug-likeness (QED) is 0.426. The van der Waals surface area contributed by atoms with Crippen LogP contribution in [0.2, 0.25) is 0 Å². The van der Waals surface area contributed by atoms with Crippen molar-refractivity contribution < 1.29 is 23.7 Å². The van der Waals surface area contributed by atoms with Crippen LogP contribution in [0.25, 0.3) is 0 Å². The molecule has 0 saturated carbocycles. The van der Waals surface area contributed by atoms with Crippen LogP contribution in [-0.4, -0.2) is 57.9 Å². The fourth-order valence-corrected chi connectivity index (χ4v) is 4.55. The predicted molar refractivity (Wildman–Crippen MR) is 137 cm³/mol. The molecule has 7 heteroatoms. The molecule has 0 N–H and O–H groups in total. The number of carbonyl (C=O) groups is 1. The maximum Gasteiger partial charge on any atom is 0.338 e. The highest BCUT2D eigenvalue weighted by Crippen LogP contribution is 2.31. The third-order valence-corrected chi connectivity index (χ3v) is 6.38. The van der Waals surface area contributed by atoms with Crippen LogP contribution < -0.4 is 14.2 Å². The van der Waals surface area contributed by atoms with E-state index in [2.05, 4.69) is 43.9 Å². The summed E-state index contributed by atoms with van der Waals surface area (Å²) in [6.07, 6.45) is 3.21. The van der Waals surface area contributed by atoms with Crippen LogP contribution in [0.15, 0.2) is 36.4 Å². The van der Waals surface area contributed by atoms with E-state index in [1.54, 1.807) is 39.5 Å². The maximum atomic E-state index is 12.7. The number of methoxy groups -OCH3 is 3. The van der Waals surface area contributed by atoms with Crippen LogP contribution in [0.4, 0.5) is 0 Å². The number of benzene rings is 2. The zero-order valence-corrected chi connectivity index (χ0v) is 22.0. The van der Waals surface area contributed by atoms with Crippen LogP contribution in [0, 0.1) is 5.41 Å². The third-order valence-electron chi connectivity index (χ3n) is 6.38. The maximum absolute atomic E-state index is 12.7. The summed E-state index contributed by atoms with van der Waals surface area (Å²) in [6, 6.07) is 12.0. The molecule has 0 aliphatic heterocycles. The molecule has 1 aliphatic carbocycles. The van der Waals surface area contributed by atoms with Crippen LogP contribution in [-0.2, 0) is 17.6 Å². The summed E-state index contributed by atoms with van der Waals surface area (Å²) in [5.41, 5.74) is 3.07. The zero-order valence-electron chi connectivity index (χ0n) is 21.2. The van der Waals surface area contributed by atoms with Gasteiger partial charge in [-0.25, -0.2) is 4.79 Å². The average molecular weight is 492 g/mol. The molecule has 0 amide bonds. The molecule has 1 aliphatic rings. The lowest BCUT2D eigenvalue weighted by atomic mass is 9.85. The number of hydrogen-bond acceptors (Lipinski definition) is 6. The SMILES string of the molecule is CCN(CC(C)(C)COC(=O)c1ccc(OC)c(OC)c1)C1CCc2cc(OC)ccc2C1.Cl. The number of halogens is 1. The Kier molecular flexibility index (Phi) is 10.1. The Morgan fingerprint density at radius 2 is 1.74 bits per heavy atom. The molecule has 0 bridgehead atoms. The van der Waals surface area contributed by atoms with Gasteiger partial charge in [0.15, 0.2) is 11.5 Å². The van der Waals surface area contributed by atoms with Gasteiger partial charge in [-0.15, -0.1) is 12.4 Å². The second-order valence-electron chi connectivity index (χ2n) is 9.40. The minimum absolute atomic E-state index is 0. The largest absolute Gasteiger partial charge is 0.497 e. The molecule has 188 valence electrons. The fraction of sp³-hybridized carbons (Fsp3) is 0.519. The Labute approximate surface area is 209 Å². The summed E-state index contributed by atoms with van der Waals surface area (Å²) >= 11 is 0. The lowest BCUT2D eigenvalue weighted by Gasteiger charge is -2.39. The smallest absolute Gasteiger partial charge is 0.338 e. The fourth-order valence-electron chi connectivity index (χ4n) is 4.55. The molecule has 2 aromatic rings. The Morgan fingerprint density at radius 3 is 2.38 bits per heavy atom. The monoisotopic (exact) mass is 491 g/mol. The van der Waals surface area contributed by atoms with Gasteiger partial charge in [-0.2, -0.15) is 0 Å². The van der Waals surface area contributed by atoms with Gasteiger partial charge in [0.25, 0.3) is 0 Å². The van der Waals surface area contributed by atoms with Crippen LogP contribution in [0.3, 0.4) is 0 Å². The van der Waals surface area contributed by atoms with Gasteiger partial charge in [0.2, 0.25) is 0 Å². The molecule has 0 aromatic heterocycles. The lowest BCUT2D eigenvalue weighted by molar-refractivity contribution is 0.0221. The number of esters is 1. The molecule has 2 aromatic carbocycles. The molecule has 0 heterocycles. The number of fused-ring (bicyclic) bond motifs is 1. The number of ether oxygens (including phenoxy) is 4. The van der Waals surface area contributed by atoms with Gasteiger partial charge in [0.05, 0.1) is 33.5 Å². The topological polar surface area (TPSA) is 57.2 Å². The molecule has 1 unspecified atom stereocenters. The summed E-state index contributed by atoms with van der Waals surface area (Å²) < 4.78 is 21.6. The van der Waals surface area contributed by atoms with Gasteiger partial charge >= 0.3 is 5.97 Å². The van der Waals surface area contributed by atoms with Gasteiger partial charge in [0, 0.05) is 18.0 Å². The van der Waals surface area contributed by atoms with E-state index in [1.807, 2.05) is 0 Å². The van der Waals surface area contributed by atoms with E-state index in [9.17, 15) is 4.79 Å². The molecular formula is C27H38ClNO5. The first-order valence-electron chi connectivity index (χ1n) is 11.6. The molecular weight excluding hydrogens is 454 g/mol. The minimum Gasteiger partial charge on any atom is -0.497 e. The number of nitrogens with zero attached hydrogens (tertiary/aromatic N) is 1. The van der Waals surface area contributed by atoms with Gasteiger partial charge < -0.3 is 18.9 Å². The molecule has 0 radical (unpaired) electrons. The highest BCUT2D eigenvalue weighted by molar-refractivity contribution is 5.90. The van der Waals surface area contributed by atoms with E-state index in [1.165, 1.54) is 11.1 Å². The Bertz CT molecular complexity index is 962. The number of likely N-dealkylation sites (N-methyl/N-ethyl adjacent to an activating group) is 1. The molecule has 0 fully saturated rings. The van der Waals surface area contributed by atoms with Gasteiger partial charge in [0.1, 0.15) is 5.75 Å². The number of rotatable bonds is 10. The summed E-state index contributed by atoms with van der Waals surface area (Å²) in [6.45, 7) is 8.67. The average Bonchev–Trinajstić information content (AvgIpc) is 2.84. The van der Waals surface area contributed by atoms with Crippen molar-refractivity contribution >= 4 is 18.4 Å². The van der Waals surface area contributed by atoms with Crippen LogP contribution >= 0.6 is 12.4 Å². The van der Waals surface area contributed by atoms with Crippen molar-refractivity contribution in [1.82, 2.24) is 4.90 Å². The van der Waals surface area contributed by atoms with Crippen molar-refractivity contribution in [2.45, 2.75) is 46.1 Å². The summed E-state index contributed by atoms with van der Waals surface area (Å²) in [7, 11) is 4.83. The van der Waals surface area contributed by atoms with Crippen molar-refractivity contribution in [2.24, 2.45) is 5.41 Å². The van der Waals surface area contributed by atoms with Gasteiger partial charge in [-0.1, -0.05) is 26.8 Å². The van der Waals surface area contributed by atoms with Crippen LogP contribution in [0.1, 0.15) is 48.7 Å². The van der Waals surface area contributed by atoms with Crippen molar-refractivity contribution in [3.05, 3.63) is 53.1 Å². The second-order valence-corrected chi connectivity index (χ2v) is 9.40. The first kappa shape index (κ1) is 27.8. The van der Waals surface area contributed by atoms with Gasteiger partial charge in [-0.05, 0) is 67.3 Å². The number of aryl methyl sites for hydroxylation is 1. The Hall–Kier alpha value is -2.44. The summed E-state index contributed by atoms with van der Waals surface area (Å²) in [5, 5.41) is 0. The zero-order chi connectivity index (χ0) is 24.0. The normalized spacial score (nSPS) is 15.2. The van der Waals surface area contributed by atoms with Crippen molar-refractivity contribution in [1.29, 1.82) is 0 Å². The lowest BCUT2D eigenvalue weighted by Crippen LogP contribution is -2.45. The van der Waals surface area contributed by atoms with Crippen molar-refractivity contribution in [3.63, 3.8) is 0 Å². The van der Waals surface area contributed by atoms with E-state index < -0.39 is 0 Å². The van der Waals surface area contributed by atoms with E-state index in [0.717, 1.165) is 38.1 Å². The Balaban J connectivity index is 0.00000408. The van der Waals surface area contributed by atoms with E-state index >= 15 is 0 Å². The number of hydrogen-bond donors (Lipinski definition) is 0. The molecule has 34 heavy (non-hydrogen) atoms. The number of carbonyl (C=O) groups excluding carboxylic acids is 1. The second kappa shape index (κ2) is 12.3. The van der Waals surface area contributed by atoms with Crippen LogP contribution in [0.5, 0.6) is 17.2 Å². The summed E-state index contributed by atoms with van der Waals surface area (Å²) in [4.78, 5) is 15.2. The molecule has 1 atom stereocenters. The highest BCUT2D eigenvalue weighted by Gasteiger charge is 2.30. The molecule has 0 spiro atoms. The van der Waals surface area contributed by atoms with Gasteiger partial charge in [-0.3, -0.25) is 4.90 Å². The molecule has 3 rings (SSSR count). The van der Waals surface area contributed by atoms with E-state index in [0.29, 0.717) is 29.7 Å². The highest BCUT2D eigenvalue weighted by atomic mass is 35.5. The third kappa shape index (κ3) is 6.80. The van der Waals surface area contributed by atoms with E-state index in [-0.39, 0.29) is 23.8 Å². The summed E-state index contributed by atoms with van der Waals surface area (Å²) in [5.74, 6) is 1.67. The van der Waals surface area contributed by atoms with Crippen molar-refractivity contribution in [3.8, 4) is 17.2 Å². The molecule has 6 nitrogen and oxygen atoms in total. The minimum atomic E-state index is -0.354. The molecule has 0 saturated heterocycles. The first-order valence-corrected chi connectivity index (χ1v) is 11.6. The standard InChI is InChI=1S/C27H37NO5.ClH/c1-7-28(22-11-8-20-15-23(30-4)12-9-19(20)14-22)17-27(2,3)18-33-26(29)21-10-13-24(31-5)25(16-21)32-6;/h9-10,12-13,15-16,22H,7-8,11,14,17-18H2,1-6H3;1H. The van der Waals surface area contributed by atoms with E-state index in [4.69, 9.17) is 18.9 Å². The predicted octanol–water partition coefficient (Wildman–Crippen LogP) is 5.20. The van der Waals surface area contributed by atoms with Crippen molar-refractivity contribution in [2.75, 3.05) is 41.0 Å². The first-order chi connectivity index (χ1) is 15.8. The Morgan fingerprint density at radius 1 is 1.00 bits per heavy atom.